The zero-order valence-electron chi connectivity index (χ0n) is 5.95. The van der Waals surface area contributed by atoms with Crippen LogP contribution in [0.1, 0.15) is 39.0 Å². The Hall–Kier alpha value is -0.0400. The largest absolute Gasteiger partial charge is 0.358 e. The fourth-order valence-corrected chi connectivity index (χ4v) is 0.780. The fourth-order valence-electron chi connectivity index (χ4n) is 0.780. The van der Waals surface area contributed by atoms with E-state index in [1.54, 1.807) is 0 Å². The van der Waals surface area contributed by atoms with Gasteiger partial charge in [-0.15, -0.1) is 0 Å². The van der Waals surface area contributed by atoms with E-state index in [2.05, 4.69) is 12.7 Å². The van der Waals surface area contributed by atoms with Crippen molar-refractivity contribution >= 4 is 0 Å². The second-order valence-corrected chi connectivity index (χ2v) is 2.27. The van der Waals surface area contributed by atoms with Crippen LogP contribution in [0.5, 0.6) is 0 Å². The Morgan fingerprint density at radius 1 is 1.00 bits per heavy atom. The lowest BCUT2D eigenvalue weighted by Gasteiger charge is -1.92. The molecule has 1 nitrogen and oxygen atoms in total. The van der Waals surface area contributed by atoms with E-state index in [-0.39, 0.29) is 0 Å². The minimum atomic E-state index is 1.11. The molecule has 0 aromatic rings. The van der Waals surface area contributed by atoms with Crippen molar-refractivity contribution in [3.63, 3.8) is 0 Å². The first-order valence-electron chi connectivity index (χ1n) is 3.71. The van der Waals surface area contributed by atoms with Crippen LogP contribution in [0.4, 0.5) is 0 Å². The third kappa shape index (κ3) is 5.96. The molecule has 50 valence electrons. The van der Waals surface area contributed by atoms with Gasteiger partial charge in [0.25, 0.3) is 0 Å². The third-order valence-corrected chi connectivity index (χ3v) is 1.35. The van der Waals surface area contributed by atoms with Crippen LogP contribution < -0.4 is 5.73 Å². The molecule has 0 saturated heterocycles. The molecule has 0 rings (SSSR count). The number of unbranched alkanes of at least 4 members (excludes halogenated alkanes) is 4. The fraction of sp³-hybridized carbons (Fsp3) is 1.00. The van der Waals surface area contributed by atoms with E-state index in [1.807, 2.05) is 0 Å². The lowest BCUT2D eigenvalue weighted by Crippen LogP contribution is -2.50. The number of hydrogen-bond acceptors (Lipinski definition) is 0. The minimum Gasteiger partial charge on any atom is -0.358 e. The summed E-state index contributed by atoms with van der Waals surface area (Å²) in [4.78, 5) is 0. The second-order valence-electron chi connectivity index (χ2n) is 2.27. The zero-order chi connectivity index (χ0) is 6.24. The van der Waals surface area contributed by atoms with Gasteiger partial charge in [0.2, 0.25) is 0 Å². The van der Waals surface area contributed by atoms with Crippen molar-refractivity contribution < 1.29 is 5.73 Å². The third-order valence-electron chi connectivity index (χ3n) is 1.35. The Kier molecular flexibility index (Phi) is 6.93. The van der Waals surface area contributed by atoms with Crippen molar-refractivity contribution in [2.24, 2.45) is 0 Å². The van der Waals surface area contributed by atoms with E-state index in [9.17, 15) is 0 Å². The number of hydrogen-bond donors (Lipinski definition) is 1. The normalized spacial score (nSPS) is 9.75. The first kappa shape index (κ1) is 7.96. The Morgan fingerprint density at radius 3 is 2.12 bits per heavy atom. The number of rotatable bonds is 5. The van der Waals surface area contributed by atoms with Crippen molar-refractivity contribution in [2.75, 3.05) is 6.54 Å². The van der Waals surface area contributed by atoms with E-state index in [0.717, 1.165) is 6.54 Å². The van der Waals surface area contributed by atoms with E-state index in [0.29, 0.717) is 0 Å². The Bertz CT molecular complexity index is 29.4. The molecule has 0 aliphatic carbocycles. The molecule has 0 radical (unpaired) electrons. The molecule has 0 aliphatic rings. The van der Waals surface area contributed by atoms with Gasteiger partial charge in [0.05, 0.1) is 6.54 Å². The van der Waals surface area contributed by atoms with Crippen molar-refractivity contribution in [1.29, 1.82) is 0 Å². The summed E-state index contributed by atoms with van der Waals surface area (Å²) in [6.07, 6.45) is 6.86. The van der Waals surface area contributed by atoms with Crippen LogP contribution in [-0.2, 0) is 0 Å². The van der Waals surface area contributed by atoms with Gasteiger partial charge >= 0.3 is 0 Å². The van der Waals surface area contributed by atoms with E-state index < -0.39 is 0 Å². The average Bonchev–Trinajstić information content (AvgIpc) is 1.81. The predicted molar refractivity (Wildman–Crippen MR) is 36.5 cm³/mol. The van der Waals surface area contributed by atoms with Crippen LogP contribution in [0.15, 0.2) is 0 Å². The molecule has 0 unspecified atom stereocenters. The van der Waals surface area contributed by atoms with Crippen molar-refractivity contribution in [3.05, 3.63) is 0 Å². The summed E-state index contributed by atoms with van der Waals surface area (Å²) in [5, 5.41) is 0. The predicted octanol–water partition coefficient (Wildman–Crippen LogP) is 1.20. The molecule has 1 heteroatoms. The van der Waals surface area contributed by atoms with Crippen LogP contribution in [-0.4, -0.2) is 6.54 Å². The summed E-state index contributed by atoms with van der Waals surface area (Å²) < 4.78 is 0. The molecule has 8 heavy (non-hydrogen) atoms. The molecule has 0 bridgehead atoms. The summed E-state index contributed by atoms with van der Waals surface area (Å²) in [7, 11) is 0. The second kappa shape index (κ2) is 6.96. The Labute approximate surface area is 52.3 Å². The molecule has 0 saturated carbocycles. The maximum absolute atomic E-state index is 3.78. The quantitative estimate of drug-likeness (QED) is 0.523. The van der Waals surface area contributed by atoms with Gasteiger partial charge in [-0.05, 0) is 12.8 Å². The van der Waals surface area contributed by atoms with E-state index in [4.69, 9.17) is 0 Å². The van der Waals surface area contributed by atoms with Gasteiger partial charge in [-0.1, -0.05) is 26.2 Å². The first-order chi connectivity index (χ1) is 3.91. The molecule has 0 aromatic heterocycles. The summed E-state index contributed by atoms with van der Waals surface area (Å²) in [6, 6.07) is 0. The summed E-state index contributed by atoms with van der Waals surface area (Å²) in [6.45, 7) is 3.36. The summed E-state index contributed by atoms with van der Waals surface area (Å²) >= 11 is 0. The van der Waals surface area contributed by atoms with Crippen LogP contribution in [0, 0.1) is 0 Å². The van der Waals surface area contributed by atoms with Gasteiger partial charge in [0.15, 0.2) is 0 Å². The smallest absolute Gasteiger partial charge is 0.0739 e. The van der Waals surface area contributed by atoms with Gasteiger partial charge in [-0.2, -0.15) is 0 Å². The number of quaternary nitrogens is 1. The molecule has 0 aromatic carbocycles. The van der Waals surface area contributed by atoms with Crippen molar-refractivity contribution in [1.82, 2.24) is 0 Å². The van der Waals surface area contributed by atoms with Crippen molar-refractivity contribution in [2.45, 2.75) is 39.0 Å². The highest BCUT2D eigenvalue weighted by molar-refractivity contribution is 4.38. The van der Waals surface area contributed by atoms with Gasteiger partial charge in [-0.25, -0.2) is 0 Å². The van der Waals surface area contributed by atoms with Gasteiger partial charge in [0, 0.05) is 0 Å². The molecule has 0 fully saturated rings. The monoisotopic (exact) mass is 116 g/mol. The molecule has 0 aliphatic heterocycles. The first-order valence-corrected chi connectivity index (χ1v) is 3.71. The van der Waals surface area contributed by atoms with Crippen LogP contribution in [0.2, 0.25) is 0 Å². The molecule has 0 amide bonds. The lowest BCUT2D eigenvalue weighted by atomic mass is 10.2. The molecular weight excluding hydrogens is 98.1 g/mol. The minimum absolute atomic E-state index is 1.11. The van der Waals surface area contributed by atoms with E-state index in [1.165, 1.54) is 32.1 Å². The standard InChI is InChI=1S/C7H17N/c1-2-3-4-5-6-7-8/h2-8H2,1H3/p+1. The van der Waals surface area contributed by atoms with Gasteiger partial charge < -0.3 is 5.73 Å². The molecule has 0 heterocycles. The van der Waals surface area contributed by atoms with Crippen LogP contribution in [0.3, 0.4) is 0 Å². The van der Waals surface area contributed by atoms with Crippen LogP contribution >= 0.6 is 0 Å². The Balaban J connectivity index is 2.53. The topological polar surface area (TPSA) is 27.6 Å². The van der Waals surface area contributed by atoms with Crippen molar-refractivity contribution in [3.8, 4) is 0 Å². The molecule has 3 N–H and O–H groups in total. The van der Waals surface area contributed by atoms with Gasteiger partial charge in [0.1, 0.15) is 0 Å². The molecular formula is C7H18N+. The highest BCUT2D eigenvalue weighted by atomic mass is 14.5. The maximum Gasteiger partial charge on any atom is 0.0739 e. The lowest BCUT2D eigenvalue weighted by molar-refractivity contribution is -0.368. The van der Waals surface area contributed by atoms with E-state index >= 15 is 0 Å². The van der Waals surface area contributed by atoms with Crippen LogP contribution in [0.25, 0.3) is 0 Å². The molecule has 0 atom stereocenters. The Morgan fingerprint density at radius 2 is 1.62 bits per heavy atom. The average molecular weight is 116 g/mol. The zero-order valence-corrected chi connectivity index (χ0v) is 5.95. The highest BCUT2D eigenvalue weighted by Gasteiger charge is 1.85. The summed E-state index contributed by atoms with van der Waals surface area (Å²) in [5.41, 5.74) is 3.78. The highest BCUT2D eigenvalue weighted by Crippen LogP contribution is 1.99. The SMILES string of the molecule is CCCCCCC[NH3+]. The summed E-state index contributed by atoms with van der Waals surface area (Å²) in [5.74, 6) is 0. The van der Waals surface area contributed by atoms with Gasteiger partial charge in [-0.3, -0.25) is 0 Å². The molecule has 0 spiro atoms. The maximum atomic E-state index is 3.78.